The van der Waals surface area contributed by atoms with E-state index in [0.717, 1.165) is 0 Å². The normalized spacial score (nSPS) is 13.0. The highest BCUT2D eigenvalue weighted by Crippen LogP contribution is 2.36. The van der Waals surface area contributed by atoms with Crippen molar-refractivity contribution in [3.05, 3.63) is 71.3 Å². The second kappa shape index (κ2) is 7.50. The largest absolute Gasteiger partial charge is 0.469 e. The summed E-state index contributed by atoms with van der Waals surface area (Å²) < 4.78 is 31.7. The first-order valence-electron chi connectivity index (χ1n) is 7.02. The number of benzene rings is 2. The molecule has 0 aliphatic heterocycles. The molecule has 5 heteroatoms. The van der Waals surface area contributed by atoms with Crippen LogP contribution in [0.25, 0.3) is 0 Å². The fourth-order valence-electron chi connectivity index (χ4n) is 2.53. The van der Waals surface area contributed by atoms with E-state index < -0.39 is 29.4 Å². The van der Waals surface area contributed by atoms with Gasteiger partial charge in [0.2, 0.25) is 0 Å². The Balaban J connectivity index is 2.46. The van der Waals surface area contributed by atoms with Gasteiger partial charge in [-0.3, -0.25) is 4.79 Å². The molecule has 0 N–H and O–H groups in total. The molecule has 0 amide bonds. The van der Waals surface area contributed by atoms with Gasteiger partial charge in [0.1, 0.15) is 11.6 Å². The van der Waals surface area contributed by atoms with E-state index in [1.54, 1.807) is 12.1 Å². The molecule has 0 spiro atoms. The average Bonchev–Trinajstić information content (AvgIpc) is 2.54. The van der Waals surface area contributed by atoms with Crippen LogP contribution in [-0.4, -0.2) is 13.1 Å². The molecule has 0 saturated heterocycles. The van der Waals surface area contributed by atoms with Crippen molar-refractivity contribution in [1.29, 1.82) is 5.26 Å². The van der Waals surface area contributed by atoms with Crippen LogP contribution in [0, 0.1) is 23.0 Å². The lowest BCUT2D eigenvalue weighted by molar-refractivity contribution is -0.141. The Morgan fingerprint density at radius 2 is 1.70 bits per heavy atom. The summed E-state index contributed by atoms with van der Waals surface area (Å²) in [5.41, 5.74) is 0.928. The highest BCUT2D eigenvalue weighted by molar-refractivity contribution is 5.70. The highest BCUT2D eigenvalue weighted by atomic mass is 19.1. The van der Waals surface area contributed by atoms with E-state index in [9.17, 15) is 18.8 Å². The lowest BCUT2D eigenvalue weighted by atomic mass is 9.80. The first-order valence-corrected chi connectivity index (χ1v) is 7.02. The van der Waals surface area contributed by atoms with Crippen LogP contribution in [-0.2, 0) is 9.53 Å². The number of hydrogen-bond acceptors (Lipinski definition) is 3. The number of hydrogen-bond donors (Lipinski definition) is 0. The van der Waals surface area contributed by atoms with Crippen molar-refractivity contribution in [1.82, 2.24) is 0 Å². The summed E-state index contributed by atoms with van der Waals surface area (Å²) in [4.78, 5) is 11.7. The van der Waals surface area contributed by atoms with Crippen LogP contribution in [0.4, 0.5) is 8.78 Å². The number of nitriles is 1. The van der Waals surface area contributed by atoms with Crippen molar-refractivity contribution < 1.29 is 18.3 Å². The van der Waals surface area contributed by atoms with E-state index in [4.69, 9.17) is 0 Å². The summed E-state index contributed by atoms with van der Waals surface area (Å²) in [6.07, 6.45) is -0.102. The summed E-state index contributed by atoms with van der Waals surface area (Å²) in [5.74, 6) is -2.89. The Labute approximate surface area is 133 Å². The quantitative estimate of drug-likeness (QED) is 0.786. The topological polar surface area (TPSA) is 50.1 Å². The van der Waals surface area contributed by atoms with Gasteiger partial charge in [-0.05, 0) is 35.4 Å². The lowest BCUT2D eigenvalue weighted by Crippen LogP contribution is -2.16. The van der Waals surface area contributed by atoms with E-state index >= 15 is 0 Å². The van der Waals surface area contributed by atoms with Gasteiger partial charge in [0, 0.05) is 5.92 Å². The van der Waals surface area contributed by atoms with Gasteiger partial charge in [-0.25, -0.2) is 8.78 Å². The molecule has 0 aliphatic carbocycles. The van der Waals surface area contributed by atoms with Crippen molar-refractivity contribution in [3.8, 4) is 6.07 Å². The number of esters is 1. The number of carbonyl (C=O) groups excluding carboxylic acids is 1. The maximum atomic E-state index is 13.5. The average molecular weight is 315 g/mol. The molecule has 2 aromatic carbocycles. The summed E-state index contributed by atoms with van der Waals surface area (Å²) in [6.45, 7) is 0. The van der Waals surface area contributed by atoms with E-state index in [1.165, 1.54) is 43.5 Å². The molecule has 3 nitrogen and oxygen atoms in total. The Morgan fingerprint density at radius 1 is 1.13 bits per heavy atom. The summed E-state index contributed by atoms with van der Waals surface area (Å²) in [7, 11) is 1.24. The molecule has 2 aromatic rings. The van der Waals surface area contributed by atoms with Gasteiger partial charge in [0.05, 0.1) is 25.5 Å². The number of rotatable bonds is 5. The van der Waals surface area contributed by atoms with Crippen molar-refractivity contribution in [2.45, 2.75) is 18.3 Å². The Bertz CT molecular complexity index is 740. The fraction of sp³-hybridized carbons (Fsp3) is 0.222. The maximum absolute atomic E-state index is 13.5. The molecule has 0 unspecified atom stereocenters. The molecule has 0 saturated carbocycles. The predicted molar refractivity (Wildman–Crippen MR) is 80.5 cm³/mol. The van der Waals surface area contributed by atoms with Gasteiger partial charge in [0.15, 0.2) is 0 Å². The standard InChI is InChI=1S/C18H15F2NO2/c1-23-18(22)10-16(12-4-2-6-14(19)8-12)17(11-21)13-5-3-7-15(20)9-13/h2-9,16-17H,10H2,1H3/t16-,17-/m0/s1. The number of halogens is 2. The van der Waals surface area contributed by atoms with Gasteiger partial charge < -0.3 is 4.74 Å². The molecule has 2 rings (SSSR count). The van der Waals surface area contributed by atoms with E-state index in [1.807, 2.05) is 0 Å². The van der Waals surface area contributed by atoms with E-state index in [0.29, 0.717) is 11.1 Å². The smallest absolute Gasteiger partial charge is 0.306 e. The van der Waals surface area contributed by atoms with Crippen LogP contribution in [0.3, 0.4) is 0 Å². The lowest BCUT2D eigenvalue weighted by Gasteiger charge is -2.22. The zero-order chi connectivity index (χ0) is 16.8. The second-order valence-electron chi connectivity index (χ2n) is 5.10. The molecule has 0 bridgehead atoms. The van der Waals surface area contributed by atoms with E-state index in [-0.39, 0.29) is 6.42 Å². The van der Waals surface area contributed by atoms with Gasteiger partial charge in [-0.2, -0.15) is 5.26 Å². The third kappa shape index (κ3) is 4.13. The molecule has 118 valence electrons. The fourth-order valence-corrected chi connectivity index (χ4v) is 2.53. The SMILES string of the molecule is COC(=O)C[C@@H](c1cccc(F)c1)[C@@H](C#N)c1cccc(F)c1. The third-order valence-electron chi connectivity index (χ3n) is 3.64. The Morgan fingerprint density at radius 3 is 2.22 bits per heavy atom. The summed E-state index contributed by atoms with van der Waals surface area (Å²) in [5, 5.41) is 9.54. The molecule has 0 aliphatic rings. The Hall–Kier alpha value is -2.74. The maximum Gasteiger partial charge on any atom is 0.306 e. The van der Waals surface area contributed by atoms with Crippen molar-refractivity contribution in [2.75, 3.05) is 7.11 Å². The van der Waals surface area contributed by atoms with Gasteiger partial charge in [-0.15, -0.1) is 0 Å². The minimum Gasteiger partial charge on any atom is -0.469 e. The minimum absolute atomic E-state index is 0.102. The van der Waals surface area contributed by atoms with Gasteiger partial charge >= 0.3 is 5.97 Å². The van der Waals surface area contributed by atoms with E-state index in [2.05, 4.69) is 10.8 Å². The van der Waals surface area contributed by atoms with Crippen LogP contribution in [0.2, 0.25) is 0 Å². The number of carbonyl (C=O) groups is 1. The number of methoxy groups -OCH3 is 1. The molecular weight excluding hydrogens is 300 g/mol. The minimum atomic E-state index is -0.799. The van der Waals surface area contributed by atoms with Gasteiger partial charge in [-0.1, -0.05) is 24.3 Å². The third-order valence-corrected chi connectivity index (χ3v) is 3.64. The number of ether oxygens (including phenoxy) is 1. The second-order valence-corrected chi connectivity index (χ2v) is 5.10. The molecular formula is C18H15F2NO2. The van der Waals surface area contributed by atoms with Crippen LogP contribution in [0.5, 0.6) is 0 Å². The molecule has 0 aromatic heterocycles. The molecule has 2 atom stereocenters. The predicted octanol–water partition coefficient (Wildman–Crippen LogP) is 3.92. The first kappa shape index (κ1) is 16.6. The van der Waals surface area contributed by atoms with Crippen LogP contribution in [0.15, 0.2) is 48.5 Å². The number of nitrogens with zero attached hydrogens (tertiary/aromatic N) is 1. The van der Waals surface area contributed by atoms with Crippen LogP contribution >= 0.6 is 0 Å². The highest BCUT2D eigenvalue weighted by Gasteiger charge is 2.28. The van der Waals surface area contributed by atoms with Crippen LogP contribution in [0.1, 0.15) is 29.4 Å². The summed E-state index contributed by atoms with van der Waals surface area (Å²) >= 11 is 0. The molecule has 0 radical (unpaired) electrons. The van der Waals surface area contributed by atoms with Crippen molar-refractivity contribution in [3.63, 3.8) is 0 Å². The molecule has 0 fully saturated rings. The van der Waals surface area contributed by atoms with Crippen molar-refractivity contribution >= 4 is 5.97 Å². The molecule has 0 heterocycles. The zero-order valence-electron chi connectivity index (χ0n) is 12.5. The van der Waals surface area contributed by atoms with Gasteiger partial charge in [0.25, 0.3) is 0 Å². The monoisotopic (exact) mass is 315 g/mol. The Kier molecular flexibility index (Phi) is 5.42. The molecule has 23 heavy (non-hydrogen) atoms. The first-order chi connectivity index (χ1) is 11.0. The van der Waals surface area contributed by atoms with Crippen molar-refractivity contribution in [2.24, 2.45) is 0 Å². The van der Waals surface area contributed by atoms with Crippen LogP contribution < -0.4 is 0 Å². The zero-order valence-corrected chi connectivity index (χ0v) is 12.5. The summed E-state index contributed by atoms with van der Waals surface area (Å²) in [6, 6.07) is 13.4.